The number of aromatic nitrogens is 2. The lowest BCUT2D eigenvalue weighted by Crippen LogP contribution is -2.52. The first kappa shape index (κ1) is 18.3. The number of aliphatic hydroxyl groups excluding tert-OH is 1. The van der Waals surface area contributed by atoms with Crippen LogP contribution in [0, 0.1) is 18.3 Å². The molecule has 2 aliphatic heterocycles. The molecule has 0 bridgehead atoms. The molecule has 1 amide bonds. The van der Waals surface area contributed by atoms with Crippen LogP contribution in [0.4, 0.5) is 0 Å². The van der Waals surface area contributed by atoms with Gasteiger partial charge in [-0.05, 0) is 26.2 Å². The molecule has 3 rings (SSSR count). The van der Waals surface area contributed by atoms with Gasteiger partial charge >= 0.3 is 0 Å². The van der Waals surface area contributed by atoms with E-state index in [1.54, 1.807) is 15.8 Å². The third-order valence-corrected chi connectivity index (χ3v) is 6.82. The summed E-state index contributed by atoms with van der Waals surface area (Å²) in [6.07, 6.45) is 3.65. The third-order valence-electron chi connectivity index (χ3n) is 5.61. The fraction of sp³-hybridized carbons (Fsp3) is 0.750. The van der Waals surface area contributed by atoms with Crippen molar-refractivity contribution in [3.05, 3.63) is 17.5 Å². The summed E-state index contributed by atoms with van der Waals surface area (Å²) in [5.41, 5.74) is 0.689. The average molecular weight is 370 g/mol. The lowest BCUT2D eigenvalue weighted by atomic mass is 9.74. The fourth-order valence-corrected chi connectivity index (χ4v) is 4.99. The van der Waals surface area contributed by atoms with Gasteiger partial charge in [-0.2, -0.15) is 5.10 Å². The maximum atomic E-state index is 12.9. The van der Waals surface area contributed by atoms with E-state index < -0.39 is 15.4 Å². The predicted molar refractivity (Wildman–Crippen MR) is 92.6 cm³/mol. The number of sulfonamides is 1. The van der Waals surface area contributed by atoms with E-state index in [2.05, 4.69) is 5.10 Å². The molecular weight excluding hydrogens is 344 g/mol. The number of fused-ring (bicyclic) bond motifs is 1. The van der Waals surface area contributed by atoms with Gasteiger partial charge in [0.15, 0.2) is 0 Å². The normalized spacial score (nSPS) is 27.5. The van der Waals surface area contributed by atoms with E-state index in [9.17, 15) is 18.3 Å². The Hall–Kier alpha value is -1.45. The van der Waals surface area contributed by atoms with Crippen molar-refractivity contribution in [3.8, 4) is 0 Å². The Morgan fingerprint density at radius 1 is 1.44 bits per heavy atom. The topological polar surface area (TPSA) is 95.7 Å². The van der Waals surface area contributed by atoms with Gasteiger partial charge in [0.05, 0.1) is 24.1 Å². The van der Waals surface area contributed by atoms with Crippen molar-refractivity contribution < 1.29 is 18.3 Å². The van der Waals surface area contributed by atoms with Crippen molar-refractivity contribution in [1.82, 2.24) is 19.0 Å². The first-order valence-corrected chi connectivity index (χ1v) is 10.4. The summed E-state index contributed by atoms with van der Waals surface area (Å²) in [5, 5.41) is 14.4. The summed E-state index contributed by atoms with van der Waals surface area (Å²) in [4.78, 5) is 14.7. The molecule has 140 valence electrons. The van der Waals surface area contributed by atoms with Crippen LogP contribution in [0.25, 0.3) is 0 Å². The minimum absolute atomic E-state index is 0.0794. The van der Waals surface area contributed by atoms with Gasteiger partial charge in [-0.3, -0.25) is 9.48 Å². The van der Waals surface area contributed by atoms with Crippen molar-refractivity contribution in [2.75, 3.05) is 39.0 Å². The number of piperidine rings is 1. The summed E-state index contributed by atoms with van der Waals surface area (Å²) >= 11 is 0. The zero-order valence-corrected chi connectivity index (χ0v) is 15.8. The smallest absolute Gasteiger partial charge is 0.257 e. The molecule has 9 heteroatoms. The molecule has 1 aromatic rings. The molecule has 0 aromatic carbocycles. The fourth-order valence-electron chi connectivity index (χ4n) is 4.05. The van der Waals surface area contributed by atoms with Gasteiger partial charge in [-0.1, -0.05) is 0 Å². The standard InChI is InChI=1S/C16H26N4O4S/c1-4-19-8-14(12(2)17-19)15(22)18-6-5-13-7-20(25(3,23)24)10-16(13,9-18)11-21/h8,13,21H,4-7,9-11H2,1-3H3/t13-,16+/m0/s1. The molecule has 0 saturated carbocycles. The van der Waals surface area contributed by atoms with Crippen molar-refractivity contribution in [1.29, 1.82) is 0 Å². The highest BCUT2D eigenvalue weighted by Crippen LogP contribution is 2.43. The third kappa shape index (κ3) is 3.20. The number of carbonyl (C=O) groups excluding carboxylic acids is 1. The van der Waals surface area contributed by atoms with Crippen LogP contribution in [0.2, 0.25) is 0 Å². The van der Waals surface area contributed by atoms with Gasteiger partial charge in [0.2, 0.25) is 10.0 Å². The molecule has 0 unspecified atom stereocenters. The minimum atomic E-state index is -3.30. The second-order valence-corrected chi connectivity index (χ2v) is 9.25. The molecule has 8 nitrogen and oxygen atoms in total. The Labute approximate surface area is 148 Å². The van der Waals surface area contributed by atoms with E-state index in [4.69, 9.17) is 0 Å². The molecule has 3 heterocycles. The van der Waals surface area contributed by atoms with Crippen LogP contribution >= 0.6 is 0 Å². The van der Waals surface area contributed by atoms with Crippen LogP contribution in [0.3, 0.4) is 0 Å². The van der Waals surface area contributed by atoms with Crippen LogP contribution in [0.5, 0.6) is 0 Å². The zero-order chi connectivity index (χ0) is 18.4. The highest BCUT2D eigenvalue weighted by Gasteiger charge is 2.52. The molecule has 2 atom stereocenters. The van der Waals surface area contributed by atoms with Gasteiger partial charge in [0, 0.05) is 44.3 Å². The summed E-state index contributed by atoms with van der Waals surface area (Å²) < 4.78 is 27.0. The van der Waals surface area contributed by atoms with Gasteiger partial charge in [0.1, 0.15) is 0 Å². The minimum Gasteiger partial charge on any atom is -0.396 e. The molecule has 0 aliphatic carbocycles. The molecule has 2 fully saturated rings. The maximum Gasteiger partial charge on any atom is 0.257 e. The van der Waals surface area contributed by atoms with Crippen LogP contribution in [0.15, 0.2) is 6.20 Å². The Bertz CT molecular complexity index is 775. The number of amides is 1. The quantitative estimate of drug-likeness (QED) is 0.800. The van der Waals surface area contributed by atoms with Crippen molar-refractivity contribution in [3.63, 3.8) is 0 Å². The molecule has 2 aliphatic rings. The van der Waals surface area contributed by atoms with E-state index in [1.165, 1.54) is 10.6 Å². The predicted octanol–water partition coefficient (Wildman–Crippen LogP) is -0.0726. The molecule has 2 saturated heterocycles. The number of hydrogen-bond donors (Lipinski definition) is 1. The van der Waals surface area contributed by atoms with Crippen LogP contribution in [0.1, 0.15) is 29.4 Å². The Morgan fingerprint density at radius 3 is 2.72 bits per heavy atom. The number of hydrogen-bond acceptors (Lipinski definition) is 5. The van der Waals surface area contributed by atoms with E-state index in [-0.39, 0.29) is 25.0 Å². The molecule has 25 heavy (non-hydrogen) atoms. The molecule has 1 N–H and O–H groups in total. The molecule has 0 radical (unpaired) electrons. The number of aryl methyl sites for hydroxylation is 2. The number of rotatable bonds is 4. The highest BCUT2D eigenvalue weighted by atomic mass is 32.2. The van der Waals surface area contributed by atoms with E-state index in [0.29, 0.717) is 43.9 Å². The summed E-state index contributed by atoms with van der Waals surface area (Å²) in [6, 6.07) is 0. The summed E-state index contributed by atoms with van der Waals surface area (Å²) in [6.45, 7) is 5.98. The summed E-state index contributed by atoms with van der Waals surface area (Å²) in [5.74, 6) is -0.0167. The van der Waals surface area contributed by atoms with Crippen molar-refractivity contribution >= 4 is 15.9 Å². The van der Waals surface area contributed by atoms with Gasteiger partial charge in [-0.25, -0.2) is 12.7 Å². The number of likely N-dealkylation sites (tertiary alicyclic amines) is 1. The lowest BCUT2D eigenvalue weighted by molar-refractivity contribution is 0.0129. The number of aliphatic hydroxyl groups is 1. The first-order chi connectivity index (χ1) is 11.7. The van der Waals surface area contributed by atoms with E-state index >= 15 is 0 Å². The first-order valence-electron chi connectivity index (χ1n) is 8.59. The largest absolute Gasteiger partial charge is 0.396 e. The van der Waals surface area contributed by atoms with E-state index in [0.717, 1.165) is 0 Å². The Morgan fingerprint density at radius 2 is 2.16 bits per heavy atom. The monoisotopic (exact) mass is 370 g/mol. The lowest BCUT2D eigenvalue weighted by Gasteiger charge is -2.43. The highest BCUT2D eigenvalue weighted by molar-refractivity contribution is 7.88. The second kappa shape index (κ2) is 6.37. The van der Waals surface area contributed by atoms with Crippen molar-refractivity contribution in [2.45, 2.75) is 26.8 Å². The molecule has 1 aromatic heterocycles. The molecular formula is C16H26N4O4S. The molecule has 0 spiro atoms. The zero-order valence-electron chi connectivity index (χ0n) is 15.0. The van der Waals surface area contributed by atoms with Gasteiger partial charge in [-0.15, -0.1) is 0 Å². The van der Waals surface area contributed by atoms with Crippen LogP contribution in [-0.2, 0) is 16.6 Å². The Kier molecular flexibility index (Phi) is 4.67. The number of carbonyl (C=O) groups is 1. The van der Waals surface area contributed by atoms with Gasteiger partial charge in [0.25, 0.3) is 5.91 Å². The number of nitrogens with zero attached hydrogens (tertiary/aromatic N) is 4. The second-order valence-electron chi connectivity index (χ2n) is 7.27. The van der Waals surface area contributed by atoms with E-state index in [1.807, 2.05) is 13.8 Å². The Balaban J connectivity index is 1.82. The average Bonchev–Trinajstić information content (AvgIpc) is 3.14. The van der Waals surface area contributed by atoms with Crippen molar-refractivity contribution in [2.24, 2.45) is 11.3 Å². The van der Waals surface area contributed by atoms with Crippen LogP contribution < -0.4 is 0 Å². The maximum absolute atomic E-state index is 12.9. The SMILES string of the molecule is CCn1cc(C(=O)N2CC[C@H]3CN(S(C)(=O)=O)C[C@@]3(CO)C2)c(C)n1. The van der Waals surface area contributed by atoms with Crippen LogP contribution in [-0.4, -0.2) is 77.5 Å². The summed E-state index contributed by atoms with van der Waals surface area (Å²) in [7, 11) is -3.30. The van der Waals surface area contributed by atoms with Gasteiger partial charge < -0.3 is 10.0 Å².